The molecule has 1 saturated heterocycles. The van der Waals surface area contributed by atoms with E-state index in [9.17, 15) is 14.3 Å². The van der Waals surface area contributed by atoms with Gasteiger partial charge >= 0.3 is 5.97 Å². The van der Waals surface area contributed by atoms with Gasteiger partial charge < -0.3 is 14.6 Å². The van der Waals surface area contributed by atoms with Gasteiger partial charge in [0.05, 0.1) is 17.1 Å². The molecule has 37 heavy (non-hydrogen) atoms. The zero-order valence-electron chi connectivity index (χ0n) is 20.2. The largest absolute Gasteiger partial charge is 0.489 e. The van der Waals surface area contributed by atoms with Gasteiger partial charge in [0.25, 0.3) is 0 Å². The van der Waals surface area contributed by atoms with E-state index in [4.69, 9.17) is 9.47 Å². The topological polar surface area (TPSA) is 90.9 Å². The number of aryl methyl sites for hydroxylation is 1. The first kappa shape index (κ1) is 23.2. The molecule has 9 heteroatoms. The van der Waals surface area contributed by atoms with Gasteiger partial charge in [-0.2, -0.15) is 5.10 Å². The molecular formula is C28H25FN4O4. The standard InChI is InChI=1S/C28H25FN4O4/c1-32-16-19(15-31-32)24-14-26-30-6-7-33(26)25-10-18(2-3-23(24)25)17-37-22-12-20(11-21(29)13-22)28(27(34)35)4-8-36-9-5-28/h2-3,6-7,10-16H,4-5,8-9,17H2,1H3,(H,34,35). The minimum absolute atomic E-state index is 0.190. The number of nitrogens with zero attached hydrogens (tertiary/aromatic N) is 4. The summed E-state index contributed by atoms with van der Waals surface area (Å²) in [6.07, 6.45) is 8.04. The zero-order chi connectivity index (χ0) is 25.6. The first-order chi connectivity index (χ1) is 17.9. The summed E-state index contributed by atoms with van der Waals surface area (Å²) in [5.41, 5.74) is 3.90. The molecule has 8 nitrogen and oxygen atoms in total. The second-order valence-corrected chi connectivity index (χ2v) is 9.43. The number of carboxylic acids is 1. The van der Waals surface area contributed by atoms with Crippen LogP contribution in [0.25, 0.3) is 27.7 Å². The Kier molecular flexibility index (Phi) is 5.64. The summed E-state index contributed by atoms with van der Waals surface area (Å²) in [5, 5.41) is 15.3. The zero-order valence-corrected chi connectivity index (χ0v) is 20.2. The smallest absolute Gasteiger partial charge is 0.314 e. The van der Waals surface area contributed by atoms with Crippen molar-refractivity contribution in [3.63, 3.8) is 0 Å². The molecule has 0 aliphatic carbocycles. The number of ether oxygens (including phenoxy) is 2. The number of benzene rings is 2. The van der Waals surface area contributed by atoms with Gasteiger partial charge in [-0.15, -0.1) is 0 Å². The lowest BCUT2D eigenvalue weighted by molar-refractivity contribution is -0.147. The van der Waals surface area contributed by atoms with E-state index in [1.165, 1.54) is 12.1 Å². The van der Waals surface area contributed by atoms with Crippen molar-refractivity contribution in [2.24, 2.45) is 7.05 Å². The molecule has 0 saturated carbocycles. The van der Waals surface area contributed by atoms with Gasteiger partial charge in [0.2, 0.25) is 0 Å². The fraction of sp³-hybridized carbons (Fsp3) is 0.250. The van der Waals surface area contributed by atoms with Crippen molar-refractivity contribution in [2.75, 3.05) is 13.2 Å². The molecule has 1 aliphatic heterocycles. The third kappa shape index (κ3) is 4.11. The highest BCUT2D eigenvalue weighted by molar-refractivity contribution is 5.97. The molecule has 6 rings (SSSR count). The Labute approximate surface area is 211 Å². The van der Waals surface area contributed by atoms with E-state index in [2.05, 4.69) is 10.1 Å². The highest BCUT2D eigenvalue weighted by Crippen LogP contribution is 2.37. The maximum absolute atomic E-state index is 14.6. The summed E-state index contributed by atoms with van der Waals surface area (Å²) >= 11 is 0. The Morgan fingerprint density at radius 2 is 2.03 bits per heavy atom. The van der Waals surface area contributed by atoms with Crippen molar-refractivity contribution >= 4 is 22.5 Å². The number of fused-ring (bicyclic) bond motifs is 3. The summed E-state index contributed by atoms with van der Waals surface area (Å²) in [7, 11) is 1.88. The van der Waals surface area contributed by atoms with Crippen LogP contribution in [0.4, 0.5) is 4.39 Å². The van der Waals surface area contributed by atoms with Crippen LogP contribution in [0.15, 0.2) is 67.3 Å². The maximum atomic E-state index is 14.6. The number of imidazole rings is 1. The van der Waals surface area contributed by atoms with Crippen LogP contribution in [0.2, 0.25) is 0 Å². The molecule has 5 aromatic rings. The summed E-state index contributed by atoms with van der Waals surface area (Å²) in [6, 6.07) is 12.3. The van der Waals surface area contributed by atoms with E-state index < -0.39 is 17.2 Å². The van der Waals surface area contributed by atoms with Gasteiger partial charge in [-0.25, -0.2) is 9.37 Å². The average Bonchev–Trinajstić information content (AvgIpc) is 3.56. The number of hydrogen-bond acceptors (Lipinski definition) is 5. The number of aromatic nitrogens is 4. The number of hydrogen-bond donors (Lipinski definition) is 1. The number of rotatable bonds is 6. The minimum Gasteiger partial charge on any atom is -0.489 e. The number of aliphatic carboxylic acids is 1. The van der Waals surface area contributed by atoms with Gasteiger partial charge in [-0.1, -0.05) is 12.1 Å². The van der Waals surface area contributed by atoms with Crippen LogP contribution in [0, 0.1) is 5.82 Å². The van der Waals surface area contributed by atoms with Gasteiger partial charge in [-0.05, 0) is 53.8 Å². The Balaban J connectivity index is 1.33. The lowest BCUT2D eigenvalue weighted by atomic mass is 9.74. The van der Waals surface area contributed by atoms with E-state index in [1.807, 2.05) is 54.3 Å². The second kappa shape index (κ2) is 9.01. The SMILES string of the molecule is Cn1cc(-c2cc3nccn3c3cc(COc4cc(F)cc(C5(C(=O)O)CCOCC5)c4)ccc23)cn1. The van der Waals surface area contributed by atoms with Gasteiger partial charge in [0.1, 0.15) is 23.8 Å². The van der Waals surface area contributed by atoms with Crippen molar-refractivity contribution in [3.8, 4) is 16.9 Å². The van der Waals surface area contributed by atoms with E-state index in [0.29, 0.717) is 24.5 Å². The molecule has 0 amide bonds. The fourth-order valence-electron chi connectivity index (χ4n) is 5.16. The highest BCUT2D eigenvalue weighted by atomic mass is 19.1. The van der Waals surface area contributed by atoms with Gasteiger partial charge in [0.15, 0.2) is 0 Å². The molecule has 0 unspecified atom stereocenters. The predicted octanol–water partition coefficient (Wildman–Crippen LogP) is 4.74. The van der Waals surface area contributed by atoms with E-state index in [0.717, 1.165) is 33.2 Å². The van der Waals surface area contributed by atoms with Crippen molar-refractivity contribution in [3.05, 3.63) is 84.2 Å². The molecule has 2 aromatic carbocycles. The van der Waals surface area contributed by atoms with Crippen molar-refractivity contribution in [1.82, 2.24) is 19.2 Å². The second-order valence-electron chi connectivity index (χ2n) is 9.43. The number of carbonyl (C=O) groups is 1. The molecule has 4 heterocycles. The average molecular weight is 501 g/mol. The van der Waals surface area contributed by atoms with Crippen LogP contribution in [0.1, 0.15) is 24.0 Å². The lowest BCUT2D eigenvalue weighted by Gasteiger charge is -2.33. The predicted molar refractivity (Wildman–Crippen MR) is 135 cm³/mol. The van der Waals surface area contributed by atoms with Crippen LogP contribution in [-0.2, 0) is 28.6 Å². The molecule has 1 N–H and O–H groups in total. The number of pyridine rings is 1. The van der Waals surface area contributed by atoms with Crippen molar-refractivity contribution in [2.45, 2.75) is 24.9 Å². The summed E-state index contributed by atoms with van der Waals surface area (Å²) in [5.74, 6) is -1.21. The van der Waals surface area contributed by atoms with Gasteiger partial charge in [-0.3, -0.25) is 13.9 Å². The fourth-order valence-corrected chi connectivity index (χ4v) is 5.16. The molecule has 0 bridgehead atoms. The molecule has 0 atom stereocenters. The monoisotopic (exact) mass is 500 g/mol. The van der Waals surface area contributed by atoms with Crippen LogP contribution < -0.4 is 4.74 Å². The molecule has 1 aliphatic rings. The first-order valence-electron chi connectivity index (χ1n) is 12.1. The van der Waals surface area contributed by atoms with E-state index in [-0.39, 0.29) is 19.4 Å². The third-order valence-corrected chi connectivity index (χ3v) is 7.16. The van der Waals surface area contributed by atoms with Crippen molar-refractivity contribution in [1.29, 1.82) is 0 Å². The molecule has 3 aromatic heterocycles. The van der Waals surface area contributed by atoms with E-state index in [1.54, 1.807) is 16.9 Å². The Hall–Kier alpha value is -4.24. The quantitative estimate of drug-likeness (QED) is 0.362. The van der Waals surface area contributed by atoms with Crippen LogP contribution in [0.5, 0.6) is 5.75 Å². The minimum atomic E-state index is -1.18. The number of halogens is 1. The van der Waals surface area contributed by atoms with Crippen LogP contribution >= 0.6 is 0 Å². The summed E-state index contributed by atoms with van der Waals surface area (Å²) < 4.78 is 29.7. The van der Waals surface area contributed by atoms with Crippen molar-refractivity contribution < 1.29 is 23.8 Å². The highest BCUT2D eigenvalue weighted by Gasteiger charge is 2.42. The molecule has 0 radical (unpaired) electrons. The molecular weight excluding hydrogens is 475 g/mol. The summed E-state index contributed by atoms with van der Waals surface area (Å²) in [6.45, 7) is 0.828. The molecule has 1 fully saturated rings. The van der Waals surface area contributed by atoms with Gasteiger partial charge in [0, 0.05) is 55.9 Å². The van der Waals surface area contributed by atoms with Crippen LogP contribution in [-0.4, -0.2) is 43.5 Å². The molecule has 0 spiro atoms. The Bertz CT molecular complexity index is 1630. The third-order valence-electron chi connectivity index (χ3n) is 7.16. The normalized spacial score (nSPS) is 15.3. The first-order valence-corrected chi connectivity index (χ1v) is 12.1. The van der Waals surface area contributed by atoms with E-state index >= 15 is 0 Å². The summed E-state index contributed by atoms with van der Waals surface area (Å²) in [4.78, 5) is 16.7. The Morgan fingerprint density at radius 1 is 1.19 bits per heavy atom. The lowest BCUT2D eigenvalue weighted by Crippen LogP contribution is -2.41. The molecule has 188 valence electrons. The maximum Gasteiger partial charge on any atom is 0.314 e. The van der Waals surface area contributed by atoms with Crippen LogP contribution in [0.3, 0.4) is 0 Å². The number of carboxylic acid groups (broad SMARTS) is 1. The Morgan fingerprint density at radius 3 is 2.78 bits per heavy atom.